The van der Waals surface area contributed by atoms with Gasteiger partial charge in [0, 0.05) is 6.04 Å². The third-order valence-corrected chi connectivity index (χ3v) is 2.44. The zero-order chi connectivity index (χ0) is 12.1. The van der Waals surface area contributed by atoms with E-state index >= 15 is 0 Å². The van der Waals surface area contributed by atoms with Gasteiger partial charge >= 0.3 is 0 Å². The van der Waals surface area contributed by atoms with Crippen LogP contribution in [0.25, 0.3) is 0 Å². The summed E-state index contributed by atoms with van der Waals surface area (Å²) in [4.78, 5) is 15.6. The Labute approximate surface area is 104 Å². The molecule has 0 spiro atoms. The van der Waals surface area contributed by atoms with Crippen molar-refractivity contribution in [2.45, 2.75) is 19.4 Å². The molecular formula is C11H12Cl2N2O. The molecule has 0 radical (unpaired) electrons. The number of hydrogen-bond donors (Lipinski definition) is 1. The molecule has 0 bridgehead atoms. The number of pyridine rings is 1. The van der Waals surface area contributed by atoms with Crippen LogP contribution in [0, 0.1) is 0 Å². The summed E-state index contributed by atoms with van der Waals surface area (Å²) in [5, 5.41) is 3.28. The first-order valence-electron chi connectivity index (χ1n) is 4.78. The SMILES string of the molecule is C=CCC(C)NC(=O)c1nc(Cl)ccc1Cl. The molecule has 0 fully saturated rings. The molecule has 0 aliphatic carbocycles. The highest BCUT2D eigenvalue weighted by atomic mass is 35.5. The van der Waals surface area contributed by atoms with Crippen LogP contribution in [-0.2, 0) is 0 Å². The van der Waals surface area contributed by atoms with Crippen molar-refractivity contribution in [3.63, 3.8) is 0 Å². The van der Waals surface area contributed by atoms with E-state index in [9.17, 15) is 4.79 Å². The van der Waals surface area contributed by atoms with E-state index in [0.29, 0.717) is 6.42 Å². The number of carbonyl (C=O) groups excluding carboxylic acids is 1. The Morgan fingerprint density at radius 3 is 2.94 bits per heavy atom. The normalized spacial score (nSPS) is 11.9. The summed E-state index contributed by atoms with van der Waals surface area (Å²) in [6, 6.07) is 3.07. The maximum absolute atomic E-state index is 11.8. The van der Waals surface area contributed by atoms with Crippen molar-refractivity contribution < 1.29 is 4.79 Å². The van der Waals surface area contributed by atoms with E-state index in [0.717, 1.165) is 0 Å². The predicted molar refractivity (Wildman–Crippen MR) is 66.0 cm³/mol. The lowest BCUT2D eigenvalue weighted by molar-refractivity contribution is 0.0935. The smallest absolute Gasteiger partial charge is 0.271 e. The summed E-state index contributed by atoms with van der Waals surface area (Å²) in [7, 11) is 0. The molecule has 1 aromatic rings. The molecule has 5 heteroatoms. The van der Waals surface area contributed by atoms with Crippen LogP contribution in [0.15, 0.2) is 24.8 Å². The maximum Gasteiger partial charge on any atom is 0.271 e. The van der Waals surface area contributed by atoms with Crippen molar-refractivity contribution in [2.75, 3.05) is 0 Å². The van der Waals surface area contributed by atoms with Crippen LogP contribution in [0.4, 0.5) is 0 Å². The van der Waals surface area contributed by atoms with Crippen molar-refractivity contribution in [2.24, 2.45) is 0 Å². The van der Waals surface area contributed by atoms with Gasteiger partial charge in [-0.05, 0) is 25.5 Å². The quantitative estimate of drug-likeness (QED) is 0.666. The first-order chi connectivity index (χ1) is 7.54. The van der Waals surface area contributed by atoms with Crippen LogP contribution >= 0.6 is 23.2 Å². The van der Waals surface area contributed by atoms with E-state index in [4.69, 9.17) is 23.2 Å². The fourth-order valence-electron chi connectivity index (χ4n) is 1.18. The van der Waals surface area contributed by atoms with Crippen molar-refractivity contribution in [1.29, 1.82) is 0 Å². The van der Waals surface area contributed by atoms with Crippen LogP contribution in [0.3, 0.4) is 0 Å². The Balaban J connectivity index is 2.80. The predicted octanol–water partition coefficient (Wildman–Crippen LogP) is 3.08. The molecule has 0 aliphatic rings. The number of carbonyl (C=O) groups is 1. The Kier molecular flexibility index (Phi) is 4.77. The summed E-state index contributed by atoms with van der Waals surface area (Å²) in [5.74, 6) is -0.332. The molecule has 1 aromatic heterocycles. The van der Waals surface area contributed by atoms with Crippen LogP contribution in [0.5, 0.6) is 0 Å². The van der Waals surface area contributed by atoms with Gasteiger partial charge in [-0.2, -0.15) is 0 Å². The van der Waals surface area contributed by atoms with Crippen LogP contribution in [0.1, 0.15) is 23.8 Å². The van der Waals surface area contributed by atoms with Crippen LogP contribution in [-0.4, -0.2) is 16.9 Å². The lowest BCUT2D eigenvalue weighted by Crippen LogP contribution is -2.32. The molecule has 1 unspecified atom stereocenters. The second kappa shape index (κ2) is 5.87. The van der Waals surface area contributed by atoms with Gasteiger partial charge in [0.15, 0.2) is 0 Å². The second-order valence-electron chi connectivity index (χ2n) is 3.36. The van der Waals surface area contributed by atoms with Gasteiger partial charge in [0.2, 0.25) is 0 Å². The number of aromatic nitrogens is 1. The molecule has 0 aliphatic heterocycles. The van der Waals surface area contributed by atoms with Gasteiger partial charge in [-0.3, -0.25) is 4.79 Å². The lowest BCUT2D eigenvalue weighted by Gasteiger charge is -2.11. The van der Waals surface area contributed by atoms with Gasteiger partial charge in [0.25, 0.3) is 5.91 Å². The molecule has 3 nitrogen and oxygen atoms in total. The standard InChI is InChI=1S/C11H12Cl2N2O/c1-3-4-7(2)14-11(16)10-8(12)5-6-9(13)15-10/h3,5-7H,1,4H2,2H3,(H,14,16). The van der Waals surface area contributed by atoms with Crippen LogP contribution in [0.2, 0.25) is 10.2 Å². The van der Waals surface area contributed by atoms with E-state index in [-0.39, 0.29) is 27.8 Å². The van der Waals surface area contributed by atoms with Crippen molar-refractivity contribution in [3.05, 3.63) is 40.7 Å². The van der Waals surface area contributed by atoms with Gasteiger partial charge in [-0.1, -0.05) is 29.3 Å². The Hall–Kier alpha value is -1.06. The minimum atomic E-state index is -0.332. The van der Waals surface area contributed by atoms with Gasteiger partial charge in [0.1, 0.15) is 10.8 Å². The molecule has 0 saturated heterocycles. The van der Waals surface area contributed by atoms with Gasteiger partial charge in [0.05, 0.1) is 5.02 Å². The van der Waals surface area contributed by atoms with Crippen molar-refractivity contribution >= 4 is 29.1 Å². The number of rotatable bonds is 4. The first-order valence-corrected chi connectivity index (χ1v) is 5.54. The second-order valence-corrected chi connectivity index (χ2v) is 4.16. The number of amides is 1. The Morgan fingerprint density at radius 1 is 1.62 bits per heavy atom. The zero-order valence-corrected chi connectivity index (χ0v) is 10.3. The molecule has 1 N–H and O–H groups in total. The van der Waals surface area contributed by atoms with E-state index in [1.54, 1.807) is 12.1 Å². The molecule has 1 atom stereocenters. The Morgan fingerprint density at radius 2 is 2.31 bits per heavy atom. The molecule has 1 heterocycles. The third kappa shape index (κ3) is 3.51. The molecule has 1 amide bonds. The summed E-state index contributed by atoms with van der Waals surface area (Å²) < 4.78 is 0. The minimum absolute atomic E-state index is 0.0122. The van der Waals surface area contributed by atoms with Gasteiger partial charge in [-0.15, -0.1) is 6.58 Å². The summed E-state index contributed by atoms with van der Waals surface area (Å²) in [6.45, 7) is 5.47. The maximum atomic E-state index is 11.8. The fourth-order valence-corrected chi connectivity index (χ4v) is 1.52. The van der Waals surface area contributed by atoms with Crippen molar-refractivity contribution in [1.82, 2.24) is 10.3 Å². The van der Waals surface area contributed by atoms with Crippen LogP contribution < -0.4 is 5.32 Å². The lowest BCUT2D eigenvalue weighted by atomic mass is 10.2. The molecule has 0 saturated carbocycles. The van der Waals surface area contributed by atoms with Gasteiger partial charge in [-0.25, -0.2) is 4.98 Å². The van der Waals surface area contributed by atoms with Crippen molar-refractivity contribution in [3.8, 4) is 0 Å². The fraction of sp³-hybridized carbons (Fsp3) is 0.273. The molecular weight excluding hydrogens is 247 g/mol. The Bertz CT molecular complexity index is 407. The summed E-state index contributed by atoms with van der Waals surface area (Å²) >= 11 is 11.5. The highest BCUT2D eigenvalue weighted by Gasteiger charge is 2.14. The number of hydrogen-bond acceptors (Lipinski definition) is 2. The zero-order valence-electron chi connectivity index (χ0n) is 8.84. The van der Waals surface area contributed by atoms with E-state index in [2.05, 4.69) is 16.9 Å². The topological polar surface area (TPSA) is 42.0 Å². The molecule has 16 heavy (non-hydrogen) atoms. The van der Waals surface area contributed by atoms with E-state index < -0.39 is 0 Å². The summed E-state index contributed by atoms with van der Waals surface area (Å²) in [5.41, 5.74) is 0.144. The van der Waals surface area contributed by atoms with E-state index in [1.807, 2.05) is 6.92 Å². The summed E-state index contributed by atoms with van der Waals surface area (Å²) in [6.07, 6.45) is 2.42. The van der Waals surface area contributed by atoms with E-state index in [1.165, 1.54) is 6.07 Å². The monoisotopic (exact) mass is 258 g/mol. The molecule has 86 valence electrons. The highest BCUT2D eigenvalue weighted by Crippen LogP contribution is 2.16. The average Bonchev–Trinajstić information content (AvgIpc) is 2.21. The number of nitrogens with zero attached hydrogens (tertiary/aromatic N) is 1. The number of halogens is 2. The average molecular weight is 259 g/mol. The molecule has 0 aromatic carbocycles. The first kappa shape index (κ1) is 13.0. The van der Waals surface area contributed by atoms with Gasteiger partial charge < -0.3 is 5.32 Å². The minimum Gasteiger partial charge on any atom is -0.348 e. The molecule has 1 rings (SSSR count). The highest BCUT2D eigenvalue weighted by molar-refractivity contribution is 6.34. The number of nitrogens with one attached hydrogen (secondary N) is 1. The third-order valence-electron chi connectivity index (χ3n) is 1.92. The largest absolute Gasteiger partial charge is 0.348 e.